The molecule has 0 bridgehead atoms. The summed E-state index contributed by atoms with van der Waals surface area (Å²) in [5.74, 6) is 0.129. The maximum absolute atomic E-state index is 13.5. The minimum absolute atomic E-state index is 0.0257. The number of benzene rings is 2. The number of pyridine rings is 2. The molecule has 0 saturated heterocycles. The van der Waals surface area contributed by atoms with Crippen LogP contribution in [0.25, 0.3) is 11.1 Å². The second-order valence-corrected chi connectivity index (χ2v) is 10.2. The third-order valence-electron chi connectivity index (χ3n) is 5.62. The smallest absolute Gasteiger partial charge is 0.322 e. The highest BCUT2D eigenvalue weighted by Gasteiger charge is 2.26. The number of aliphatic carboxylic acids is 1. The van der Waals surface area contributed by atoms with Gasteiger partial charge in [-0.1, -0.05) is 48.5 Å². The topological polar surface area (TPSA) is 122 Å². The number of rotatable bonds is 12. The molecule has 9 nitrogen and oxygen atoms in total. The van der Waals surface area contributed by atoms with Crippen LogP contribution in [0.4, 0.5) is 5.82 Å². The summed E-state index contributed by atoms with van der Waals surface area (Å²) < 4.78 is 33.9. The van der Waals surface area contributed by atoms with Crippen LogP contribution in [0.1, 0.15) is 18.2 Å². The fourth-order valence-corrected chi connectivity index (χ4v) is 5.12. The molecule has 0 fully saturated rings. The van der Waals surface area contributed by atoms with Crippen molar-refractivity contribution in [2.45, 2.75) is 25.0 Å². The van der Waals surface area contributed by atoms with E-state index in [1.54, 1.807) is 30.3 Å². The first kappa shape index (κ1) is 26.8. The Kier molecular flexibility index (Phi) is 8.67. The molecule has 0 unspecified atom stereocenters. The van der Waals surface area contributed by atoms with Gasteiger partial charge in [0.25, 0.3) is 10.0 Å². The SMILES string of the molecule is CCOc1ccc(-c2ccc(CN(Cc3cccc(NCC(=O)O)n3)S(=O)(=O)c3ccccn3)cc2)cc1. The summed E-state index contributed by atoms with van der Waals surface area (Å²) in [6.45, 7) is 2.31. The number of anilines is 1. The summed E-state index contributed by atoms with van der Waals surface area (Å²) >= 11 is 0. The molecule has 2 N–H and O–H groups in total. The molecule has 10 heteroatoms. The van der Waals surface area contributed by atoms with E-state index in [-0.39, 0.29) is 24.7 Å². The number of ether oxygens (including phenoxy) is 1. The molecule has 38 heavy (non-hydrogen) atoms. The van der Waals surface area contributed by atoms with Crippen LogP contribution in [0, 0.1) is 0 Å². The van der Waals surface area contributed by atoms with Gasteiger partial charge in [-0.05, 0) is 60.0 Å². The molecule has 196 valence electrons. The number of nitrogens with zero attached hydrogens (tertiary/aromatic N) is 3. The molecule has 2 aromatic carbocycles. The molecule has 0 saturated carbocycles. The Morgan fingerprint density at radius 2 is 1.63 bits per heavy atom. The second kappa shape index (κ2) is 12.3. The van der Waals surface area contributed by atoms with E-state index in [0.717, 1.165) is 22.4 Å². The van der Waals surface area contributed by atoms with Gasteiger partial charge in [0.05, 0.1) is 18.8 Å². The van der Waals surface area contributed by atoms with Gasteiger partial charge in [-0.15, -0.1) is 0 Å². The van der Waals surface area contributed by atoms with Crippen molar-refractivity contribution >= 4 is 21.8 Å². The fourth-order valence-electron chi connectivity index (χ4n) is 3.79. The molecule has 0 aliphatic carbocycles. The maximum atomic E-state index is 13.5. The van der Waals surface area contributed by atoms with E-state index in [1.165, 1.54) is 16.6 Å². The number of carboxylic acid groups (broad SMARTS) is 1. The van der Waals surface area contributed by atoms with Gasteiger partial charge >= 0.3 is 5.97 Å². The zero-order valence-corrected chi connectivity index (χ0v) is 21.6. The van der Waals surface area contributed by atoms with E-state index in [2.05, 4.69) is 15.3 Å². The summed E-state index contributed by atoms with van der Waals surface area (Å²) in [5.41, 5.74) is 3.27. The van der Waals surface area contributed by atoms with Crippen molar-refractivity contribution < 1.29 is 23.1 Å². The summed E-state index contributed by atoms with van der Waals surface area (Å²) in [6.07, 6.45) is 1.44. The summed E-state index contributed by atoms with van der Waals surface area (Å²) in [6, 6.07) is 25.2. The van der Waals surface area contributed by atoms with Crippen LogP contribution < -0.4 is 10.1 Å². The van der Waals surface area contributed by atoms with Gasteiger partial charge in [0.2, 0.25) is 0 Å². The molecule has 0 aliphatic heterocycles. The lowest BCUT2D eigenvalue weighted by molar-refractivity contribution is -0.134. The highest BCUT2D eigenvalue weighted by atomic mass is 32.2. The van der Waals surface area contributed by atoms with E-state index in [1.807, 2.05) is 55.5 Å². The average Bonchev–Trinajstić information content (AvgIpc) is 2.93. The van der Waals surface area contributed by atoms with E-state index < -0.39 is 16.0 Å². The number of sulfonamides is 1. The molecular formula is C28H28N4O5S. The predicted octanol–water partition coefficient (Wildman–Crippen LogP) is 4.43. The minimum Gasteiger partial charge on any atom is -0.494 e. The van der Waals surface area contributed by atoms with Crippen molar-refractivity contribution in [2.24, 2.45) is 0 Å². The molecule has 0 atom stereocenters. The lowest BCUT2D eigenvalue weighted by Gasteiger charge is -2.22. The number of hydrogen-bond acceptors (Lipinski definition) is 7. The van der Waals surface area contributed by atoms with Crippen molar-refractivity contribution in [1.82, 2.24) is 14.3 Å². The lowest BCUT2D eigenvalue weighted by Crippen LogP contribution is -2.31. The first-order chi connectivity index (χ1) is 18.3. The molecule has 2 heterocycles. The van der Waals surface area contributed by atoms with Crippen molar-refractivity contribution in [3.8, 4) is 16.9 Å². The van der Waals surface area contributed by atoms with E-state index >= 15 is 0 Å². The average molecular weight is 533 g/mol. The molecule has 0 spiro atoms. The molecule has 0 amide bonds. The van der Waals surface area contributed by atoms with Crippen LogP contribution in [0.3, 0.4) is 0 Å². The highest BCUT2D eigenvalue weighted by Crippen LogP contribution is 2.25. The van der Waals surface area contributed by atoms with Crippen LogP contribution in [0.15, 0.2) is 96.2 Å². The van der Waals surface area contributed by atoms with Crippen LogP contribution in [-0.4, -0.2) is 46.9 Å². The van der Waals surface area contributed by atoms with Crippen LogP contribution in [0.2, 0.25) is 0 Å². The zero-order chi connectivity index (χ0) is 27.0. The lowest BCUT2D eigenvalue weighted by atomic mass is 10.0. The molecular weight excluding hydrogens is 504 g/mol. The number of nitrogens with one attached hydrogen (secondary N) is 1. The minimum atomic E-state index is -3.95. The zero-order valence-electron chi connectivity index (χ0n) is 20.8. The van der Waals surface area contributed by atoms with Crippen molar-refractivity contribution in [2.75, 3.05) is 18.5 Å². The Balaban J connectivity index is 1.58. The van der Waals surface area contributed by atoms with Crippen molar-refractivity contribution in [1.29, 1.82) is 0 Å². The van der Waals surface area contributed by atoms with Crippen molar-refractivity contribution in [3.63, 3.8) is 0 Å². The van der Waals surface area contributed by atoms with E-state index in [9.17, 15) is 13.2 Å². The van der Waals surface area contributed by atoms with E-state index in [0.29, 0.717) is 18.1 Å². The first-order valence-corrected chi connectivity index (χ1v) is 13.4. The second-order valence-electron chi connectivity index (χ2n) is 8.36. The number of carboxylic acids is 1. The summed E-state index contributed by atoms with van der Waals surface area (Å²) in [7, 11) is -3.95. The Morgan fingerprint density at radius 3 is 2.26 bits per heavy atom. The normalized spacial score (nSPS) is 11.3. The Hall–Kier alpha value is -4.28. The maximum Gasteiger partial charge on any atom is 0.322 e. The molecule has 0 aliphatic rings. The van der Waals surface area contributed by atoms with Crippen LogP contribution in [0.5, 0.6) is 5.75 Å². The monoisotopic (exact) mass is 532 g/mol. The van der Waals surface area contributed by atoms with Gasteiger partial charge in [0.15, 0.2) is 5.03 Å². The quantitative estimate of drug-likeness (QED) is 0.275. The third kappa shape index (κ3) is 6.93. The number of hydrogen-bond donors (Lipinski definition) is 2. The Labute approximate surface area is 221 Å². The molecule has 4 rings (SSSR count). The van der Waals surface area contributed by atoms with Crippen molar-refractivity contribution in [3.05, 3.63) is 102 Å². The van der Waals surface area contributed by atoms with Crippen LogP contribution >= 0.6 is 0 Å². The Bertz CT molecular complexity index is 1460. The van der Waals surface area contributed by atoms with Gasteiger partial charge in [0.1, 0.15) is 18.1 Å². The van der Waals surface area contributed by atoms with E-state index in [4.69, 9.17) is 9.84 Å². The summed E-state index contributed by atoms with van der Waals surface area (Å²) in [4.78, 5) is 19.3. The predicted molar refractivity (Wildman–Crippen MR) is 144 cm³/mol. The largest absolute Gasteiger partial charge is 0.494 e. The van der Waals surface area contributed by atoms with Gasteiger partial charge in [0, 0.05) is 12.7 Å². The first-order valence-electron chi connectivity index (χ1n) is 12.0. The van der Waals surface area contributed by atoms with Gasteiger partial charge in [-0.3, -0.25) is 4.79 Å². The number of carbonyl (C=O) groups is 1. The van der Waals surface area contributed by atoms with Gasteiger partial charge in [-0.25, -0.2) is 18.4 Å². The van der Waals surface area contributed by atoms with Gasteiger partial charge in [-0.2, -0.15) is 4.31 Å². The molecule has 4 aromatic rings. The summed E-state index contributed by atoms with van der Waals surface area (Å²) in [5, 5.41) is 11.6. The molecule has 2 aromatic heterocycles. The highest BCUT2D eigenvalue weighted by molar-refractivity contribution is 7.89. The van der Waals surface area contributed by atoms with Crippen LogP contribution in [-0.2, 0) is 27.9 Å². The number of aromatic nitrogens is 2. The molecule has 0 radical (unpaired) electrons. The third-order valence-corrected chi connectivity index (χ3v) is 7.33. The standard InChI is InChI=1S/C28H28N4O5S/c1-2-37-25-15-13-23(14-16-25)22-11-9-21(10-12-22)19-32(38(35,36)27-8-3-4-17-29-27)20-24-6-5-7-26(31-24)30-18-28(33)34/h3-17H,2,18-20H2,1H3,(H,30,31)(H,33,34). The fraction of sp³-hybridized carbons (Fsp3) is 0.179. The Morgan fingerprint density at radius 1 is 0.921 bits per heavy atom. The van der Waals surface area contributed by atoms with Gasteiger partial charge < -0.3 is 15.2 Å².